The average Bonchev–Trinajstić information content (AvgIpc) is 2.91. The number of hydrogen-bond donors (Lipinski definition) is 1. The van der Waals surface area contributed by atoms with E-state index in [0.717, 1.165) is 22.3 Å². The number of carbonyl (C=O) groups excluding carboxylic acids is 2. The van der Waals surface area contributed by atoms with Gasteiger partial charge in [-0.15, -0.1) is 0 Å². The molecule has 0 aliphatic heterocycles. The lowest BCUT2D eigenvalue weighted by Gasteiger charge is -2.34. The van der Waals surface area contributed by atoms with E-state index in [-0.39, 0.29) is 37.7 Å². The second-order valence-corrected chi connectivity index (χ2v) is 14.7. The molecule has 1 atom stereocenters. The van der Waals surface area contributed by atoms with Crippen molar-refractivity contribution < 1.29 is 18.0 Å². The minimum atomic E-state index is -3.61. The van der Waals surface area contributed by atoms with E-state index < -0.39 is 21.6 Å². The number of nitrogens with one attached hydrogen (secondary N) is 1. The van der Waals surface area contributed by atoms with E-state index in [1.54, 1.807) is 23.1 Å². The standard InChI is InChI=1S/C33H41Cl2N3O4S/c1-23-14-15-24(2)29(19-23)38(43(6,41)42)18-10-13-31(39)37(22-26-16-17-27(34)28(35)20-26)30(32(40)36-33(3,4)5)21-25-11-8-7-9-12-25/h7-9,11-12,14-17,19-20,30H,10,13,18,21-22H2,1-6H3,(H,36,40). The van der Waals surface area contributed by atoms with E-state index in [1.165, 1.54) is 10.6 Å². The second kappa shape index (κ2) is 14.6. The summed E-state index contributed by atoms with van der Waals surface area (Å²) in [6.07, 6.45) is 1.76. The van der Waals surface area contributed by atoms with Crippen molar-refractivity contribution in [1.29, 1.82) is 0 Å². The maximum Gasteiger partial charge on any atom is 0.243 e. The van der Waals surface area contributed by atoms with Crippen LogP contribution in [0.3, 0.4) is 0 Å². The highest BCUT2D eigenvalue weighted by Gasteiger charge is 2.32. The van der Waals surface area contributed by atoms with E-state index in [4.69, 9.17) is 23.2 Å². The van der Waals surface area contributed by atoms with Crippen molar-refractivity contribution in [3.05, 3.63) is 99.0 Å². The number of sulfonamides is 1. The van der Waals surface area contributed by atoms with Gasteiger partial charge in [0.1, 0.15) is 6.04 Å². The van der Waals surface area contributed by atoms with Crippen LogP contribution in [0.1, 0.15) is 55.9 Å². The van der Waals surface area contributed by atoms with Crippen molar-refractivity contribution in [1.82, 2.24) is 10.2 Å². The minimum absolute atomic E-state index is 0.0340. The molecule has 0 aromatic heterocycles. The summed E-state index contributed by atoms with van der Waals surface area (Å²) in [6.45, 7) is 9.68. The third-order valence-electron chi connectivity index (χ3n) is 6.89. The molecule has 0 bridgehead atoms. The van der Waals surface area contributed by atoms with E-state index in [1.807, 2.05) is 83.1 Å². The van der Waals surface area contributed by atoms with Gasteiger partial charge in [0.15, 0.2) is 0 Å². The lowest BCUT2D eigenvalue weighted by atomic mass is 10.00. The Bertz CT molecular complexity index is 1540. The van der Waals surface area contributed by atoms with Crippen LogP contribution in [0.15, 0.2) is 66.7 Å². The molecule has 3 aromatic carbocycles. The zero-order chi connectivity index (χ0) is 31.9. The maximum atomic E-state index is 14.0. The van der Waals surface area contributed by atoms with Gasteiger partial charge in [-0.25, -0.2) is 8.42 Å². The summed E-state index contributed by atoms with van der Waals surface area (Å²) < 4.78 is 26.9. The molecule has 232 valence electrons. The van der Waals surface area contributed by atoms with Crippen molar-refractivity contribution >= 4 is 50.7 Å². The van der Waals surface area contributed by atoms with Gasteiger partial charge >= 0.3 is 0 Å². The van der Waals surface area contributed by atoms with Crippen molar-refractivity contribution in [3.63, 3.8) is 0 Å². The largest absolute Gasteiger partial charge is 0.350 e. The lowest BCUT2D eigenvalue weighted by molar-refractivity contribution is -0.142. The molecule has 0 fully saturated rings. The van der Waals surface area contributed by atoms with Gasteiger partial charge < -0.3 is 10.2 Å². The number of carbonyl (C=O) groups is 2. The van der Waals surface area contributed by atoms with E-state index in [9.17, 15) is 18.0 Å². The summed E-state index contributed by atoms with van der Waals surface area (Å²) in [5, 5.41) is 3.78. The molecule has 0 heterocycles. The Hall–Kier alpha value is -3.07. The summed E-state index contributed by atoms with van der Waals surface area (Å²) in [7, 11) is -3.61. The number of benzene rings is 3. The van der Waals surface area contributed by atoms with Gasteiger partial charge in [-0.1, -0.05) is 71.7 Å². The number of nitrogens with zero attached hydrogens (tertiary/aromatic N) is 2. The molecule has 7 nitrogen and oxygen atoms in total. The summed E-state index contributed by atoms with van der Waals surface area (Å²) in [5.74, 6) is -0.552. The van der Waals surface area contributed by atoms with Crippen molar-refractivity contribution in [2.45, 2.75) is 72.0 Å². The molecule has 0 spiro atoms. The third kappa shape index (κ3) is 10.3. The van der Waals surface area contributed by atoms with E-state index >= 15 is 0 Å². The highest BCUT2D eigenvalue weighted by molar-refractivity contribution is 7.92. The van der Waals surface area contributed by atoms with Gasteiger partial charge in [0, 0.05) is 31.5 Å². The smallest absolute Gasteiger partial charge is 0.243 e. The van der Waals surface area contributed by atoms with Gasteiger partial charge in [0.25, 0.3) is 0 Å². The molecule has 0 aliphatic carbocycles. The average molecular weight is 647 g/mol. The monoisotopic (exact) mass is 645 g/mol. The SMILES string of the molecule is Cc1ccc(C)c(N(CCCC(=O)N(Cc2ccc(Cl)c(Cl)c2)C(Cc2ccccc2)C(=O)NC(C)(C)C)S(C)(=O)=O)c1. The molecule has 0 saturated carbocycles. The van der Waals surface area contributed by atoms with Crippen molar-refractivity contribution in [2.75, 3.05) is 17.1 Å². The molecular formula is C33H41Cl2N3O4S. The molecule has 10 heteroatoms. The Morgan fingerprint density at radius 2 is 1.58 bits per heavy atom. The van der Waals surface area contributed by atoms with E-state index in [0.29, 0.717) is 22.2 Å². The normalized spacial score (nSPS) is 12.5. The Kier molecular flexibility index (Phi) is 11.7. The predicted octanol–water partition coefficient (Wildman–Crippen LogP) is 6.71. The molecule has 3 rings (SSSR count). The highest BCUT2D eigenvalue weighted by atomic mass is 35.5. The summed E-state index contributed by atoms with van der Waals surface area (Å²) in [5.41, 5.74) is 3.46. The van der Waals surface area contributed by atoms with Crippen LogP contribution in [-0.4, -0.2) is 49.5 Å². The minimum Gasteiger partial charge on any atom is -0.350 e. The lowest BCUT2D eigenvalue weighted by Crippen LogP contribution is -2.54. The first-order valence-corrected chi connectivity index (χ1v) is 16.8. The van der Waals surface area contributed by atoms with Crippen molar-refractivity contribution in [3.8, 4) is 0 Å². The number of amides is 2. The Labute approximate surface area is 266 Å². The van der Waals surface area contributed by atoms with Gasteiger partial charge in [0.2, 0.25) is 21.8 Å². The van der Waals surface area contributed by atoms with Gasteiger partial charge in [-0.3, -0.25) is 13.9 Å². The zero-order valence-corrected chi connectivity index (χ0v) is 28.0. The summed E-state index contributed by atoms with van der Waals surface area (Å²) >= 11 is 12.5. The summed E-state index contributed by atoms with van der Waals surface area (Å²) in [6, 6.07) is 19.5. The number of hydrogen-bond acceptors (Lipinski definition) is 4. The first kappa shape index (κ1) is 34.4. The number of aryl methyl sites for hydroxylation is 2. The Morgan fingerprint density at radius 1 is 0.907 bits per heavy atom. The quantitative estimate of drug-likeness (QED) is 0.237. The van der Waals surface area contributed by atoms with Crippen LogP contribution in [-0.2, 0) is 32.6 Å². The van der Waals surface area contributed by atoms with E-state index in [2.05, 4.69) is 5.32 Å². The van der Waals surface area contributed by atoms with Crippen molar-refractivity contribution in [2.24, 2.45) is 0 Å². The topological polar surface area (TPSA) is 86.8 Å². The van der Waals surface area contributed by atoms with Crippen LogP contribution < -0.4 is 9.62 Å². The molecular weight excluding hydrogens is 605 g/mol. The molecule has 1 unspecified atom stereocenters. The third-order valence-corrected chi connectivity index (χ3v) is 8.81. The zero-order valence-electron chi connectivity index (χ0n) is 25.7. The fraction of sp³-hybridized carbons (Fsp3) is 0.394. The van der Waals surface area contributed by atoms with Crippen LogP contribution in [0.25, 0.3) is 0 Å². The molecule has 3 aromatic rings. The summed E-state index contributed by atoms with van der Waals surface area (Å²) in [4.78, 5) is 29.3. The highest BCUT2D eigenvalue weighted by Crippen LogP contribution is 2.26. The number of anilines is 1. The second-order valence-electron chi connectivity index (χ2n) is 11.9. The molecule has 0 aliphatic rings. The van der Waals surface area contributed by atoms with Crippen LogP contribution in [0.2, 0.25) is 10.0 Å². The molecule has 1 N–H and O–H groups in total. The Balaban J connectivity index is 1.94. The van der Waals surface area contributed by atoms with Gasteiger partial charge in [-0.05, 0) is 81.5 Å². The predicted molar refractivity (Wildman–Crippen MR) is 176 cm³/mol. The molecule has 0 radical (unpaired) electrons. The number of halogens is 2. The molecule has 0 saturated heterocycles. The van der Waals surface area contributed by atoms with Crippen LogP contribution in [0, 0.1) is 13.8 Å². The first-order valence-electron chi connectivity index (χ1n) is 14.2. The van der Waals surface area contributed by atoms with Crippen LogP contribution in [0.5, 0.6) is 0 Å². The van der Waals surface area contributed by atoms with Crippen LogP contribution >= 0.6 is 23.2 Å². The first-order chi connectivity index (χ1) is 20.0. The van der Waals surface area contributed by atoms with Crippen LogP contribution in [0.4, 0.5) is 5.69 Å². The molecule has 2 amide bonds. The maximum absolute atomic E-state index is 14.0. The Morgan fingerprint density at radius 3 is 2.19 bits per heavy atom. The van der Waals surface area contributed by atoms with Gasteiger partial charge in [0.05, 0.1) is 22.0 Å². The number of rotatable bonds is 12. The fourth-order valence-corrected chi connectivity index (χ4v) is 6.15. The fourth-order valence-electron chi connectivity index (χ4n) is 4.81. The molecule has 43 heavy (non-hydrogen) atoms. The van der Waals surface area contributed by atoms with Gasteiger partial charge in [-0.2, -0.15) is 0 Å².